The van der Waals surface area contributed by atoms with Gasteiger partial charge in [-0.15, -0.1) is 0 Å². The molecular weight excluding hydrogens is 1040 g/mol. The van der Waals surface area contributed by atoms with Gasteiger partial charge in [-0.1, -0.05) is 48.5 Å². The van der Waals surface area contributed by atoms with Crippen LogP contribution in [0, 0.1) is 0 Å². The lowest BCUT2D eigenvalue weighted by Crippen LogP contribution is -2.74. The zero-order chi connectivity index (χ0) is 53.3. The van der Waals surface area contributed by atoms with Crippen molar-refractivity contribution in [3.63, 3.8) is 0 Å². The van der Waals surface area contributed by atoms with Crippen LogP contribution in [0.25, 0.3) is 11.1 Å². The average Bonchev–Trinajstić information content (AvgIpc) is 3.44. The van der Waals surface area contributed by atoms with Crippen LogP contribution < -0.4 is 0 Å². The van der Waals surface area contributed by atoms with Crippen LogP contribution in [0.2, 0.25) is 0 Å². The van der Waals surface area contributed by atoms with Gasteiger partial charge in [0.2, 0.25) is 0 Å². The van der Waals surface area contributed by atoms with Crippen molar-refractivity contribution in [2.75, 3.05) is 0 Å². The number of fused-ring (bicyclic) bond motifs is 3. The molecule has 0 bridgehead atoms. The van der Waals surface area contributed by atoms with Gasteiger partial charge in [0.15, 0.2) is 0 Å². The largest absolute Gasteiger partial charge is 0.460 e. The lowest BCUT2D eigenvalue weighted by Gasteiger charge is -2.44. The zero-order valence-electron chi connectivity index (χ0n) is 30.8. The van der Waals surface area contributed by atoms with E-state index in [1.165, 1.54) is 0 Å². The van der Waals surface area contributed by atoms with Crippen LogP contribution in [0.3, 0.4) is 0 Å². The Hall–Kier alpha value is -3.94. The van der Waals surface area contributed by atoms with E-state index in [-0.39, 0.29) is 0 Å². The standard InChI is InChI=1S/C33H16F34/c34-18(35,20(38,39)22(42,43)24(46,47)26(50,51)28(54,55)30(58,59)32(62,63)64)11-9-17(15-7-3-1-5-13(15)14-6-2-4-8-16(14)17)10-12-19(36,37)21(40,41)23(44,45)25(48,49)27(52,53)29(56,57)31(60,61)33(65,66)67/h1-8H,9-12H2. The molecule has 1 aliphatic rings. The van der Waals surface area contributed by atoms with Crippen molar-refractivity contribution >= 4 is 0 Å². The molecule has 0 nitrogen and oxygen atoms in total. The number of hydrogen-bond donors (Lipinski definition) is 0. The van der Waals surface area contributed by atoms with Gasteiger partial charge < -0.3 is 0 Å². The normalized spacial score (nSPS) is 17.2. The summed E-state index contributed by atoms with van der Waals surface area (Å²) in [6, 6.07) is 5.24. The van der Waals surface area contributed by atoms with E-state index in [2.05, 4.69) is 0 Å². The first-order valence-corrected chi connectivity index (χ1v) is 16.7. The summed E-state index contributed by atoms with van der Waals surface area (Å²) in [5.74, 6) is -121. The molecular formula is C33H16F34. The summed E-state index contributed by atoms with van der Waals surface area (Å²) in [6.45, 7) is 0. The van der Waals surface area contributed by atoms with Gasteiger partial charge in [0.1, 0.15) is 0 Å². The quantitative estimate of drug-likeness (QED) is 0.131. The molecule has 0 saturated carbocycles. The summed E-state index contributed by atoms with van der Waals surface area (Å²) in [6.07, 6.45) is -28.6. The third kappa shape index (κ3) is 7.39. The number of halogens is 34. The number of rotatable bonds is 18. The van der Waals surface area contributed by atoms with Gasteiger partial charge in [-0.3, -0.25) is 0 Å². The molecule has 386 valence electrons. The summed E-state index contributed by atoms with van der Waals surface area (Å²) in [5, 5.41) is 0. The molecule has 67 heavy (non-hydrogen) atoms. The smallest absolute Gasteiger partial charge is 0.200 e. The van der Waals surface area contributed by atoms with E-state index < -0.39 is 149 Å². The minimum atomic E-state index is -9.14. The van der Waals surface area contributed by atoms with Crippen molar-refractivity contribution < 1.29 is 149 Å². The first-order valence-electron chi connectivity index (χ1n) is 16.7. The third-order valence-electron chi connectivity index (χ3n) is 10.5. The fourth-order valence-corrected chi connectivity index (χ4v) is 6.53. The van der Waals surface area contributed by atoms with E-state index in [0.29, 0.717) is 24.3 Å². The predicted molar refractivity (Wildman–Crippen MR) is 152 cm³/mol. The SMILES string of the molecule is FC(F)(F)C(F)(F)C(F)(F)C(F)(F)C(F)(F)C(F)(F)C(F)(F)C(F)(F)CCC1(CCC(F)(F)C(F)(F)C(F)(F)C(F)(F)C(F)(F)C(F)(F)C(F)(F)C(F)(F)F)c2ccccc2-c2ccccc21. The Kier molecular flexibility index (Phi) is 13.3. The van der Waals surface area contributed by atoms with Crippen molar-refractivity contribution in [1.29, 1.82) is 0 Å². The Bertz CT molecular complexity index is 1970. The van der Waals surface area contributed by atoms with Gasteiger partial charge in [0.05, 0.1) is 0 Å². The molecule has 34 heteroatoms. The minimum Gasteiger partial charge on any atom is -0.200 e. The Balaban J connectivity index is 2.21. The van der Waals surface area contributed by atoms with E-state index in [9.17, 15) is 132 Å². The van der Waals surface area contributed by atoms with Crippen molar-refractivity contribution in [1.82, 2.24) is 0 Å². The molecule has 0 unspecified atom stereocenters. The van der Waals surface area contributed by atoms with E-state index >= 15 is 17.6 Å². The molecule has 0 amide bonds. The maximum atomic E-state index is 15.2. The molecule has 0 atom stereocenters. The topological polar surface area (TPSA) is 0 Å². The van der Waals surface area contributed by atoms with Gasteiger partial charge in [-0.2, -0.15) is 149 Å². The van der Waals surface area contributed by atoms with Crippen molar-refractivity contribution in [3.05, 3.63) is 59.7 Å². The van der Waals surface area contributed by atoms with Crippen LogP contribution >= 0.6 is 0 Å². The highest BCUT2D eigenvalue weighted by Gasteiger charge is 2.97. The third-order valence-corrected chi connectivity index (χ3v) is 10.5. The van der Waals surface area contributed by atoms with Crippen molar-refractivity contribution in [3.8, 4) is 11.1 Å². The summed E-state index contributed by atoms with van der Waals surface area (Å²) < 4.78 is 473. The molecule has 1 aliphatic carbocycles. The van der Waals surface area contributed by atoms with Gasteiger partial charge in [-0.05, 0) is 35.1 Å². The number of benzene rings is 2. The van der Waals surface area contributed by atoms with E-state index in [1.807, 2.05) is 0 Å². The molecule has 0 radical (unpaired) electrons. The van der Waals surface area contributed by atoms with E-state index in [0.717, 1.165) is 24.3 Å². The summed E-state index contributed by atoms with van der Waals surface area (Å²) >= 11 is 0. The van der Waals surface area contributed by atoms with Crippen LogP contribution in [0.15, 0.2) is 48.5 Å². The van der Waals surface area contributed by atoms with Crippen molar-refractivity contribution in [2.45, 2.75) is 126 Å². The molecule has 0 spiro atoms. The number of alkyl halides is 34. The van der Waals surface area contributed by atoms with E-state index in [1.54, 1.807) is 0 Å². The molecule has 2 aromatic rings. The highest BCUT2D eigenvalue weighted by atomic mass is 19.4. The Labute approximate surface area is 347 Å². The van der Waals surface area contributed by atoms with Gasteiger partial charge in [0.25, 0.3) is 0 Å². The average molecular weight is 1060 g/mol. The molecule has 0 aliphatic heterocycles. The Morgan fingerprint density at radius 1 is 0.254 bits per heavy atom. The number of hydrogen-bond acceptors (Lipinski definition) is 0. The molecule has 0 aromatic heterocycles. The second-order valence-electron chi connectivity index (χ2n) is 14.5. The lowest BCUT2D eigenvalue weighted by molar-refractivity contribution is -0.462. The highest BCUT2D eigenvalue weighted by molar-refractivity contribution is 5.81. The second kappa shape index (κ2) is 15.5. The highest BCUT2D eigenvalue weighted by Crippen LogP contribution is 2.67. The Morgan fingerprint density at radius 3 is 0.672 bits per heavy atom. The van der Waals surface area contributed by atoms with E-state index in [4.69, 9.17) is 0 Å². The lowest BCUT2D eigenvalue weighted by atomic mass is 9.69. The van der Waals surface area contributed by atoms with Crippen LogP contribution in [-0.2, 0) is 5.41 Å². The zero-order valence-corrected chi connectivity index (χ0v) is 30.8. The van der Waals surface area contributed by atoms with Crippen LogP contribution in [-0.4, -0.2) is 95.3 Å². The van der Waals surface area contributed by atoms with Gasteiger partial charge in [-0.25, -0.2) is 0 Å². The maximum absolute atomic E-state index is 15.2. The molecule has 0 N–H and O–H groups in total. The summed E-state index contributed by atoms with van der Waals surface area (Å²) in [7, 11) is 0. The van der Waals surface area contributed by atoms with Crippen LogP contribution in [0.4, 0.5) is 149 Å². The fourth-order valence-electron chi connectivity index (χ4n) is 6.53. The molecule has 0 heterocycles. The predicted octanol–water partition coefficient (Wildman–Crippen LogP) is 15.5. The first kappa shape index (κ1) is 57.4. The van der Waals surface area contributed by atoms with Crippen molar-refractivity contribution in [2.24, 2.45) is 0 Å². The Morgan fingerprint density at radius 2 is 0.448 bits per heavy atom. The molecule has 0 saturated heterocycles. The summed E-state index contributed by atoms with van der Waals surface area (Å²) in [4.78, 5) is 0. The van der Waals surface area contributed by atoms with Crippen LogP contribution in [0.5, 0.6) is 0 Å². The molecule has 3 rings (SSSR count). The van der Waals surface area contributed by atoms with Crippen LogP contribution in [0.1, 0.15) is 36.8 Å². The molecule has 0 fully saturated rings. The maximum Gasteiger partial charge on any atom is 0.460 e. The van der Waals surface area contributed by atoms with Gasteiger partial charge >= 0.3 is 95.3 Å². The first-order chi connectivity index (χ1) is 29.1. The summed E-state index contributed by atoms with van der Waals surface area (Å²) in [5.41, 5.74) is -7.03. The van der Waals surface area contributed by atoms with Gasteiger partial charge in [0, 0.05) is 18.3 Å². The monoisotopic (exact) mass is 1060 g/mol. The molecule has 2 aromatic carbocycles. The second-order valence-corrected chi connectivity index (χ2v) is 14.5. The fraction of sp³-hybridized carbons (Fsp3) is 0.636. The minimum absolute atomic E-state index is 0.417.